The van der Waals surface area contributed by atoms with Crippen molar-refractivity contribution in [3.8, 4) is 6.07 Å². The topological polar surface area (TPSA) is 104 Å². The van der Waals surface area contributed by atoms with E-state index < -0.39 is 52.4 Å². The Hall–Kier alpha value is -4.27. The zero-order valence-electron chi connectivity index (χ0n) is 18.8. The number of nitrogens with zero attached hydrogens (tertiary/aromatic N) is 4. The Bertz CT molecular complexity index is 1330. The average molecular weight is 502 g/mol. The van der Waals surface area contributed by atoms with Crippen LogP contribution in [0.5, 0.6) is 0 Å². The van der Waals surface area contributed by atoms with Gasteiger partial charge < -0.3 is 9.64 Å². The molecule has 36 heavy (non-hydrogen) atoms. The lowest BCUT2D eigenvalue weighted by atomic mass is 9.75. The van der Waals surface area contributed by atoms with Crippen molar-refractivity contribution >= 4 is 29.7 Å². The van der Waals surface area contributed by atoms with E-state index in [9.17, 15) is 31.9 Å². The maximum absolute atomic E-state index is 14.8. The van der Waals surface area contributed by atoms with E-state index in [0.717, 1.165) is 23.2 Å². The average Bonchev–Trinajstić information content (AvgIpc) is 3.04. The molecular formula is C24H18F4N4O4. The molecule has 1 aromatic heterocycles. The number of imide groups is 1. The van der Waals surface area contributed by atoms with Crippen molar-refractivity contribution in [1.29, 1.82) is 5.26 Å². The summed E-state index contributed by atoms with van der Waals surface area (Å²) >= 11 is 0. The largest absolute Gasteiger partial charge is 0.466 e. The van der Waals surface area contributed by atoms with Gasteiger partial charge in [0.1, 0.15) is 17.4 Å². The van der Waals surface area contributed by atoms with Crippen LogP contribution in [0.4, 0.5) is 28.0 Å². The van der Waals surface area contributed by atoms with Crippen molar-refractivity contribution in [2.75, 3.05) is 12.0 Å². The number of esters is 1. The number of hydrogen-bond acceptors (Lipinski definition) is 6. The van der Waals surface area contributed by atoms with E-state index in [1.165, 1.54) is 31.4 Å². The van der Waals surface area contributed by atoms with Crippen LogP contribution in [0.3, 0.4) is 0 Å². The lowest BCUT2D eigenvalue weighted by Crippen LogP contribution is -2.54. The first-order chi connectivity index (χ1) is 17.0. The van der Waals surface area contributed by atoms with E-state index in [0.29, 0.717) is 23.0 Å². The zero-order valence-corrected chi connectivity index (χ0v) is 18.8. The first-order valence-electron chi connectivity index (χ1n) is 10.7. The number of anilines is 1. The molecule has 2 fully saturated rings. The number of hydrogen-bond donors (Lipinski definition) is 0. The highest BCUT2D eigenvalue weighted by atomic mass is 19.4. The van der Waals surface area contributed by atoms with E-state index >= 15 is 0 Å². The van der Waals surface area contributed by atoms with Crippen molar-refractivity contribution in [2.24, 2.45) is 0 Å². The number of benzene rings is 1. The molecule has 2 heterocycles. The Kier molecular flexibility index (Phi) is 6.26. The monoisotopic (exact) mass is 502 g/mol. The van der Waals surface area contributed by atoms with Gasteiger partial charge in [-0.05, 0) is 43.0 Å². The molecule has 186 valence electrons. The number of ether oxygens (including phenoxy) is 1. The lowest BCUT2D eigenvalue weighted by molar-refractivity contribution is -0.138. The van der Waals surface area contributed by atoms with Crippen LogP contribution in [0.2, 0.25) is 0 Å². The van der Waals surface area contributed by atoms with Crippen LogP contribution >= 0.6 is 0 Å². The van der Waals surface area contributed by atoms with Crippen LogP contribution in [0.25, 0.3) is 6.08 Å². The Balaban J connectivity index is 1.66. The second kappa shape index (κ2) is 9.07. The predicted molar refractivity (Wildman–Crippen MR) is 116 cm³/mol. The van der Waals surface area contributed by atoms with Gasteiger partial charge in [-0.15, -0.1) is 0 Å². The van der Waals surface area contributed by atoms with Gasteiger partial charge in [0.05, 0.1) is 31.1 Å². The SMILES string of the molecule is COC(=O)/C=C/c1ccc(CN2C(=O)N(c3cnc(C#N)c(C(F)(F)F)c3)C(=O)C23CCC3)c(F)c1. The molecule has 0 N–H and O–H groups in total. The number of nitriles is 1. The Morgan fingerprint density at radius 1 is 1.28 bits per heavy atom. The fourth-order valence-electron chi connectivity index (χ4n) is 4.24. The summed E-state index contributed by atoms with van der Waals surface area (Å²) in [6.07, 6.45) is -0.476. The van der Waals surface area contributed by atoms with Crippen molar-refractivity contribution in [3.63, 3.8) is 0 Å². The molecule has 2 aliphatic rings. The van der Waals surface area contributed by atoms with Crippen LogP contribution in [0.15, 0.2) is 36.5 Å². The molecule has 1 saturated heterocycles. The summed E-state index contributed by atoms with van der Waals surface area (Å²) < 4.78 is 59.6. The Morgan fingerprint density at radius 3 is 2.56 bits per heavy atom. The van der Waals surface area contributed by atoms with E-state index in [2.05, 4.69) is 9.72 Å². The number of carbonyl (C=O) groups excluding carboxylic acids is 3. The second-order valence-electron chi connectivity index (χ2n) is 8.30. The summed E-state index contributed by atoms with van der Waals surface area (Å²) in [7, 11) is 1.20. The molecule has 1 spiro atoms. The van der Waals surface area contributed by atoms with Crippen molar-refractivity contribution in [3.05, 3.63) is 64.7 Å². The van der Waals surface area contributed by atoms with Crippen molar-refractivity contribution in [2.45, 2.75) is 37.5 Å². The minimum absolute atomic E-state index is 0.0772. The van der Waals surface area contributed by atoms with Gasteiger partial charge in [-0.1, -0.05) is 12.1 Å². The number of aromatic nitrogens is 1. The van der Waals surface area contributed by atoms with E-state index in [1.54, 1.807) is 0 Å². The van der Waals surface area contributed by atoms with Crippen LogP contribution in [0, 0.1) is 17.1 Å². The number of methoxy groups -OCH3 is 1. The van der Waals surface area contributed by atoms with E-state index in [-0.39, 0.29) is 24.9 Å². The zero-order chi connectivity index (χ0) is 26.3. The molecule has 0 unspecified atom stereocenters. The molecule has 12 heteroatoms. The molecule has 2 aromatic rings. The summed E-state index contributed by atoms with van der Waals surface area (Å²) in [5.74, 6) is -2.05. The highest BCUT2D eigenvalue weighted by molar-refractivity contribution is 6.23. The van der Waals surface area contributed by atoms with Crippen LogP contribution < -0.4 is 4.90 Å². The number of rotatable bonds is 5. The third kappa shape index (κ3) is 4.17. The Morgan fingerprint density at radius 2 is 2.00 bits per heavy atom. The van der Waals surface area contributed by atoms with Crippen molar-refractivity contribution in [1.82, 2.24) is 9.88 Å². The summed E-state index contributed by atoms with van der Waals surface area (Å²) in [5, 5.41) is 8.97. The maximum atomic E-state index is 14.8. The predicted octanol–water partition coefficient (Wildman–Crippen LogP) is 4.19. The minimum atomic E-state index is -4.93. The minimum Gasteiger partial charge on any atom is -0.466 e. The van der Waals surface area contributed by atoms with Crippen LogP contribution in [0.1, 0.15) is 41.6 Å². The van der Waals surface area contributed by atoms with Gasteiger partial charge in [0.2, 0.25) is 0 Å². The highest BCUT2D eigenvalue weighted by Gasteiger charge is 2.61. The molecule has 8 nitrogen and oxygen atoms in total. The normalized spacial score (nSPS) is 17.0. The number of alkyl halides is 3. The number of pyridine rings is 1. The third-order valence-corrected chi connectivity index (χ3v) is 6.28. The number of amides is 3. The fraction of sp³-hybridized carbons (Fsp3) is 0.292. The third-order valence-electron chi connectivity index (χ3n) is 6.28. The molecule has 1 aliphatic heterocycles. The first-order valence-corrected chi connectivity index (χ1v) is 10.7. The van der Waals surface area contributed by atoms with Gasteiger partial charge in [0.15, 0.2) is 5.69 Å². The fourth-order valence-corrected chi connectivity index (χ4v) is 4.24. The quantitative estimate of drug-likeness (QED) is 0.263. The molecule has 4 rings (SSSR count). The number of halogens is 4. The molecule has 1 aromatic carbocycles. The summed E-state index contributed by atoms with van der Waals surface area (Å²) in [6, 6.07) is 5.02. The van der Waals surface area contributed by atoms with E-state index in [4.69, 9.17) is 5.26 Å². The van der Waals surface area contributed by atoms with Crippen LogP contribution in [-0.2, 0) is 27.0 Å². The molecular weight excluding hydrogens is 484 g/mol. The first kappa shape index (κ1) is 24.8. The molecule has 3 amide bonds. The van der Waals surface area contributed by atoms with E-state index in [1.807, 2.05) is 0 Å². The summed E-state index contributed by atoms with van der Waals surface area (Å²) in [6.45, 7) is -0.302. The highest BCUT2D eigenvalue weighted by Crippen LogP contribution is 2.46. The van der Waals surface area contributed by atoms with Gasteiger partial charge >= 0.3 is 18.2 Å². The maximum Gasteiger partial charge on any atom is 0.419 e. The molecule has 0 radical (unpaired) electrons. The van der Waals surface area contributed by atoms with Gasteiger partial charge in [-0.2, -0.15) is 18.4 Å². The molecule has 0 bridgehead atoms. The van der Waals surface area contributed by atoms with Gasteiger partial charge in [-0.3, -0.25) is 4.79 Å². The summed E-state index contributed by atoms with van der Waals surface area (Å²) in [5.41, 5.74) is -3.55. The Labute approximate surface area is 202 Å². The van der Waals surface area contributed by atoms with Gasteiger partial charge in [-0.25, -0.2) is 23.9 Å². The lowest BCUT2D eigenvalue weighted by Gasteiger charge is -2.42. The number of carbonyl (C=O) groups is 3. The van der Waals surface area contributed by atoms with Crippen molar-refractivity contribution < 1.29 is 36.7 Å². The number of urea groups is 1. The molecule has 0 atom stereocenters. The standard InChI is InChI=1S/C24H18F4N4O4/c1-36-20(33)6-4-14-3-5-15(18(25)9-14)13-31-22(35)32(21(34)23(31)7-2-8-23)16-10-17(24(26,27)28)19(11-29)30-12-16/h3-6,9-10,12H,2,7-8,13H2,1H3/b6-4+. The smallest absolute Gasteiger partial charge is 0.419 e. The molecule has 1 aliphatic carbocycles. The summed E-state index contributed by atoms with van der Waals surface area (Å²) in [4.78, 5) is 43.1. The van der Waals surface area contributed by atoms with Gasteiger partial charge in [0, 0.05) is 11.6 Å². The molecule has 1 saturated carbocycles. The van der Waals surface area contributed by atoms with Gasteiger partial charge in [0.25, 0.3) is 5.91 Å². The second-order valence-corrected chi connectivity index (χ2v) is 8.30. The van der Waals surface area contributed by atoms with Crippen LogP contribution in [-0.4, -0.2) is 40.4 Å².